The van der Waals surface area contributed by atoms with Gasteiger partial charge >= 0.3 is 0 Å². The SMILES string of the molecule is NCOCC1CC(F)CN1c1ccnc2[nH]cc(-c3ccnc(N)n3)c12. The summed E-state index contributed by atoms with van der Waals surface area (Å²) in [4.78, 5) is 17.8. The lowest BCUT2D eigenvalue weighted by Crippen LogP contribution is -2.34. The van der Waals surface area contributed by atoms with E-state index < -0.39 is 6.17 Å². The number of H-pyrrole nitrogens is 1. The Morgan fingerprint density at radius 2 is 2.15 bits per heavy atom. The lowest BCUT2D eigenvalue weighted by Gasteiger charge is -2.27. The van der Waals surface area contributed by atoms with Crippen molar-refractivity contribution in [2.24, 2.45) is 5.73 Å². The van der Waals surface area contributed by atoms with E-state index in [0.29, 0.717) is 30.9 Å². The van der Waals surface area contributed by atoms with Gasteiger partial charge in [0.1, 0.15) is 11.8 Å². The highest BCUT2D eigenvalue weighted by molar-refractivity contribution is 6.02. The van der Waals surface area contributed by atoms with Gasteiger partial charge in [-0.15, -0.1) is 0 Å². The van der Waals surface area contributed by atoms with E-state index in [-0.39, 0.29) is 18.7 Å². The second-order valence-corrected chi connectivity index (χ2v) is 6.23. The van der Waals surface area contributed by atoms with E-state index in [1.165, 1.54) is 0 Å². The fourth-order valence-electron chi connectivity index (χ4n) is 3.52. The van der Waals surface area contributed by atoms with Crippen molar-refractivity contribution in [2.75, 3.05) is 30.5 Å². The van der Waals surface area contributed by atoms with E-state index in [9.17, 15) is 4.39 Å². The first-order valence-corrected chi connectivity index (χ1v) is 8.41. The summed E-state index contributed by atoms with van der Waals surface area (Å²) < 4.78 is 19.5. The molecule has 2 unspecified atom stereocenters. The van der Waals surface area contributed by atoms with E-state index in [1.54, 1.807) is 18.5 Å². The molecule has 136 valence electrons. The maximum absolute atomic E-state index is 14.2. The molecule has 1 aliphatic rings. The summed E-state index contributed by atoms with van der Waals surface area (Å²) in [6.45, 7) is 0.790. The maximum Gasteiger partial charge on any atom is 0.220 e. The zero-order chi connectivity index (χ0) is 18.1. The summed E-state index contributed by atoms with van der Waals surface area (Å²) in [6, 6.07) is 3.59. The van der Waals surface area contributed by atoms with Crippen LogP contribution in [-0.4, -0.2) is 52.0 Å². The fraction of sp³-hybridized carbons (Fsp3) is 0.353. The van der Waals surface area contributed by atoms with Gasteiger partial charge in [-0.25, -0.2) is 19.3 Å². The minimum atomic E-state index is -0.915. The number of nitrogens with two attached hydrogens (primary N) is 2. The van der Waals surface area contributed by atoms with Crippen molar-refractivity contribution in [1.29, 1.82) is 0 Å². The topological polar surface area (TPSA) is 119 Å². The Balaban J connectivity index is 1.81. The van der Waals surface area contributed by atoms with Gasteiger partial charge in [-0.3, -0.25) is 0 Å². The average molecular weight is 357 g/mol. The second kappa shape index (κ2) is 6.85. The first-order valence-electron chi connectivity index (χ1n) is 8.41. The zero-order valence-electron chi connectivity index (χ0n) is 14.1. The number of aromatic amines is 1. The normalized spacial score (nSPS) is 20.2. The van der Waals surface area contributed by atoms with Crippen LogP contribution in [0.3, 0.4) is 0 Å². The van der Waals surface area contributed by atoms with Gasteiger partial charge in [-0.1, -0.05) is 0 Å². The number of nitrogens with zero attached hydrogens (tertiary/aromatic N) is 4. The highest BCUT2D eigenvalue weighted by Gasteiger charge is 2.34. The van der Waals surface area contributed by atoms with Crippen LogP contribution in [0.1, 0.15) is 6.42 Å². The highest BCUT2D eigenvalue weighted by atomic mass is 19.1. The molecule has 5 N–H and O–H groups in total. The molecule has 1 saturated heterocycles. The number of pyridine rings is 1. The monoisotopic (exact) mass is 357 g/mol. The standard InChI is InChI=1S/C17H20FN7O/c18-10-5-11(8-26-9-19)25(7-10)14-2-4-21-16-15(14)12(6-23-16)13-1-3-22-17(20)24-13/h1-4,6,10-11H,5,7-9,19H2,(H,21,23)(H2,20,22,24). The van der Waals surface area contributed by atoms with E-state index in [2.05, 4.69) is 19.9 Å². The van der Waals surface area contributed by atoms with E-state index in [1.807, 2.05) is 17.2 Å². The molecule has 0 aromatic carbocycles. The largest absolute Gasteiger partial charge is 0.368 e. The van der Waals surface area contributed by atoms with Crippen LogP contribution in [0.5, 0.6) is 0 Å². The molecule has 0 bridgehead atoms. The average Bonchev–Trinajstić information content (AvgIpc) is 3.23. The number of ether oxygens (including phenoxy) is 1. The van der Waals surface area contributed by atoms with Crippen molar-refractivity contribution >= 4 is 22.7 Å². The first-order chi connectivity index (χ1) is 12.7. The summed E-state index contributed by atoms with van der Waals surface area (Å²) in [5.74, 6) is 0.196. The summed E-state index contributed by atoms with van der Waals surface area (Å²) in [6.07, 6.45) is 4.64. The molecule has 0 radical (unpaired) electrons. The number of hydrogen-bond donors (Lipinski definition) is 3. The van der Waals surface area contributed by atoms with Crippen LogP contribution >= 0.6 is 0 Å². The van der Waals surface area contributed by atoms with Crippen molar-refractivity contribution in [3.05, 3.63) is 30.7 Å². The molecule has 9 heteroatoms. The fourth-order valence-corrected chi connectivity index (χ4v) is 3.52. The summed E-state index contributed by atoms with van der Waals surface area (Å²) in [7, 11) is 0. The van der Waals surface area contributed by atoms with Crippen LogP contribution in [0.25, 0.3) is 22.3 Å². The molecule has 0 amide bonds. The number of rotatable bonds is 5. The molecule has 1 fully saturated rings. The zero-order valence-corrected chi connectivity index (χ0v) is 14.1. The van der Waals surface area contributed by atoms with E-state index in [4.69, 9.17) is 16.2 Å². The summed E-state index contributed by atoms with van der Waals surface area (Å²) in [5.41, 5.74) is 14.3. The maximum atomic E-state index is 14.2. The van der Waals surface area contributed by atoms with Crippen molar-refractivity contribution < 1.29 is 9.13 Å². The van der Waals surface area contributed by atoms with Gasteiger partial charge in [0.25, 0.3) is 0 Å². The predicted octanol–water partition coefficient (Wildman–Crippen LogP) is 1.45. The Kier molecular flexibility index (Phi) is 4.39. The Labute approximate surface area is 149 Å². The molecular formula is C17H20FN7O. The van der Waals surface area contributed by atoms with Gasteiger partial charge in [0.05, 0.1) is 36.1 Å². The van der Waals surface area contributed by atoms with Gasteiger partial charge in [0.2, 0.25) is 5.95 Å². The number of fused-ring (bicyclic) bond motifs is 1. The van der Waals surface area contributed by atoms with Crippen molar-refractivity contribution in [2.45, 2.75) is 18.6 Å². The third kappa shape index (κ3) is 2.95. The van der Waals surface area contributed by atoms with Gasteiger partial charge in [0, 0.05) is 37.1 Å². The predicted molar refractivity (Wildman–Crippen MR) is 97.2 cm³/mol. The number of nitrogen functional groups attached to an aromatic ring is 1. The van der Waals surface area contributed by atoms with Crippen LogP contribution in [-0.2, 0) is 4.74 Å². The lowest BCUT2D eigenvalue weighted by molar-refractivity contribution is 0.125. The smallest absolute Gasteiger partial charge is 0.220 e. The first kappa shape index (κ1) is 16.7. The minimum Gasteiger partial charge on any atom is -0.368 e. The molecule has 4 heterocycles. The van der Waals surface area contributed by atoms with E-state index >= 15 is 0 Å². The Bertz CT molecular complexity index is 915. The van der Waals surface area contributed by atoms with Crippen LogP contribution in [0.15, 0.2) is 30.7 Å². The molecule has 0 spiro atoms. The Hall–Kier alpha value is -2.78. The molecule has 0 aliphatic carbocycles. The van der Waals surface area contributed by atoms with Gasteiger partial charge in [-0.05, 0) is 12.1 Å². The minimum absolute atomic E-state index is 0.0858. The van der Waals surface area contributed by atoms with Crippen LogP contribution < -0.4 is 16.4 Å². The number of nitrogens with one attached hydrogen (secondary N) is 1. The third-order valence-corrected chi connectivity index (χ3v) is 4.60. The number of halogens is 1. The van der Waals surface area contributed by atoms with Crippen LogP contribution in [0, 0.1) is 0 Å². The van der Waals surface area contributed by atoms with Gasteiger partial charge in [-0.2, -0.15) is 0 Å². The summed E-state index contributed by atoms with van der Waals surface area (Å²) in [5, 5.41) is 0.873. The highest BCUT2D eigenvalue weighted by Crippen LogP contribution is 2.37. The van der Waals surface area contributed by atoms with Crippen LogP contribution in [0.4, 0.5) is 16.0 Å². The number of aromatic nitrogens is 4. The van der Waals surface area contributed by atoms with Gasteiger partial charge < -0.3 is 26.1 Å². The molecule has 0 saturated carbocycles. The molecule has 3 aromatic heterocycles. The van der Waals surface area contributed by atoms with Crippen molar-refractivity contribution in [3.8, 4) is 11.3 Å². The van der Waals surface area contributed by atoms with Crippen LogP contribution in [0.2, 0.25) is 0 Å². The van der Waals surface area contributed by atoms with E-state index in [0.717, 1.165) is 16.6 Å². The lowest BCUT2D eigenvalue weighted by atomic mass is 10.1. The quantitative estimate of drug-likeness (QED) is 0.591. The van der Waals surface area contributed by atoms with Gasteiger partial charge in [0.15, 0.2) is 0 Å². The second-order valence-electron chi connectivity index (χ2n) is 6.23. The van der Waals surface area contributed by atoms with Crippen molar-refractivity contribution in [3.63, 3.8) is 0 Å². The van der Waals surface area contributed by atoms with Crippen molar-refractivity contribution in [1.82, 2.24) is 19.9 Å². The Morgan fingerprint density at radius 3 is 2.96 bits per heavy atom. The summed E-state index contributed by atoms with van der Waals surface area (Å²) >= 11 is 0. The Morgan fingerprint density at radius 1 is 1.31 bits per heavy atom. The number of anilines is 2. The molecule has 2 atom stereocenters. The molecule has 8 nitrogen and oxygen atoms in total. The number of alkyl halides is 1. The third-order valence-electron chi connectivity index (χ3n) is 4.60. The molecule has 26 heavy (non-hydrogen) atoms. The molecule has 1 aliphatic heterocycles. The molecule has 3 aromatic rings. The number of hydrogen-bond acceptors (Lipinski definition) is 7. The molecular weight excluding hydrogens is 337 g/mol. The molecule has 4 rings (SSSR count).